The summed E-state index contributed by atoms with van der Waals surface area (Å²) in [6, 6.07) is 9.87. The SMILES string of the molecule is C=C(C)/C(=C/C(=O)OCC)Sc1ccccc1. The summed E-state index contributed by atoms with van der Waals surface area (Å²) in [7, 11) is 0. The number of thioether (sulfide) groups is 1. The van der Waals surface area contributed by atoms with Crippen LogP contribution in [0.15, 0.2) is 58.4 Å². The molecule has 0 amide bonds. The van der Waals surface area contributed by atoms with Crippen molar-refractivity contribution in [2.75, 3.05) is 6.61 Å². The molecule has 0 spiro atoms. The van der Waals surface area contributed by atoms with E-state index in [0.717, 1.165) is 15.4 Å². The summed E-state index contributed by atoms with van der Waals surface area (Å²) < 4.78 is 4.89. The number of benzene rings is 1. The topological polar surface area (TPSA) is 26.3 Å². The number of rotatable bonds is 5. The molecule has 0 bridgehead atoms. The number of hydrogen-bond acceptors (Lipinski definition) is 3. The molecule has 0 aliphatic heterocycles. The molecule has 1 rings (SSSR count). The van der Waals surface area contributed by atoms with Crippen LogP contribution in [0.5, 0.6) is 0 Å². The average molecular weight is 248 g/mol. The number of allylic oxidation sites excluding steroid dienone is 1. The van der Waals surface area contributed by atoms with Gasteiger partial charge in [0, 0.05) is 15.9 Å². The third kappa shape index (κ3) is 4.91. The monoisotopic (exact) mass is 248 g/mol. The first kappa shape index (κ1) is 13.6. The second-order valence-corrected chi connectivity index (χ2v) is 4.57. The Hall–Kier alpha value is -1.48. The molecule has 17 heavy (non-hydrogen) atoms. The Kier molecular flexibility index (Phi) is 5.57. The lowest BCUT2D eigenvalue weighted by atomic mass is 10.3. The summed E-state index contributed by atoms with van der Waals surface area (Å²) in [5, 5.41) is 0. The molecule has 0 N–H and O–H groups in total. The fourth-order valence-electron chi connectivity index (χ4n) is 1.15. The first-order valence-corrected chi connectivity index (χ1v) is 6.22. The van der Waals surface area contributed by atoms with Gasteiger partial charge in [0.25, 0.3) is 0 Å². The van der Waals surface area contributed by atoms with Crippen molar-refractivity contribution in [2.45, 2.75) is 18.7 Å². The highest BCUT2D eigenvalue weighted by Crippen LogP contribution is 2.30. The van der Waals surface area contributed by atoms with Gasteiger partial charge in [0.05, 0.1) is 6.61 Å². The molecule has 0 aliphatic rings. The van der Waals surface area contributed by atoms with Gasteiger partial charge in [-0.2, -0.15) is 0 Å². The fourth-order valence-corrected chi connectivity index (χ4v) is 2.02. The number of hydrogen-bond donors (Lipinski definition) is 0. The Morgan fingerprint density at radius 2 is 2.06 bits per heavy atom. The normalized spacial score (nSPS) is 11.1. The van der Waals surface area contributed by atoms with E-state index in [9.17, 15) is 4.79 Å². The molecule has 0 radical (unpaired) electrons. The molecule has 0 fully saturated rings. The van der Waals surface area contributed by atoms with Gasteiger partial charge in [0.2, 0.25) is 0 Å². The fraction of sp³-hybridized carbons (Fsp3) is 0.214. The van der Waals surface area contributed by atoms with Crippen molar-refractivity contribution in [1.29, 1.82) is 0 Å². The van der Waals surface area contributed by atoms with Gasteiger partial charge in [-0.3, -0.25) is 0 Å². The van der Waals surface area contributed by atoms with Crippen molar-refractivity contribution >= 4 is 17.7 Å². The van der Waals surface area contributed by atoms with E-state index in [-0.39, 0.29) is 5.97 Å². The van der Waals surface area contributed by atoms with Gasteiger partial charge < -0.3 is 4.74 Å². The van der Waals surface area contributed by atoms with Gasteiger partial charge in [0.15, 0.2) is 0 Å². The predicted molar refractivity (Wildman–Crippen MR) is 71.8 cm³/mol. The third-order valence-corrected chi connectivity index (χ3v) is 3.12. The van der Waals surface area contributed by atoms with E-state index in [1.807, 2.05) is 37.3 Å². The van der Waals surface area contributed by atoms with Gasteiger partial charge in [0.1, 0.15) is 0 Å². The van der Waals surface area contributed by atoms with Crippen LogP contribution in [-0.4, -0.2) is 12.6 Å². The molecule has 0 heterocycles. The van der Waals surface area contributed by atoms with E-state index in [1.165, 1.54) is 17.8 Å². The van der Waals surface area contributed by atoms with E-state index in [0.29, 0.717) is 6.61 Å². The largest absolute Gasteiger partial charge is 0.463 e. The molecular weight excluding hydrogens is 232 g/mol. The number of ether oxygens (including phenoxy) is 1. The van der Waals surface area contributed by atoms with Gasteiger partial charge in [-0.05, 0) is 31.6 Å². The smallest absolute Gasteiger partial charge is 0.331 e. The minimum Gasteiger partial charge on any atom is -0.463 e. The predicted octanol–water partition coefficient (Wildman–Crippen LogP) is 3.80. The lowest BCUT2D eigenvalue weighted by molar-refractivity contribution is -0.137. The first-order chi connectivity index (χ1) is 8.13. The Balaban J connectivity index is 2.81. The Morgan fingerprint density at radius 1 is 1.41 bits per heavy atom. The highest BCUT2D eigenvalue weighted by molar-refractivity contribution is 8.03. The zero-order valence-electron chi connectivity index (χ0n) is 10.1. The van der Waals surface area contributed by atoms with Crippen molar-refractivity contribution in [3.63, 3.8) is 0 Å². The molecular formula is C14H16O2S. The molecule has 2 nitrogen and oxygen atoms in total. The molecule has 1 aromatic rings. The van der Waals surface area contributed by atoms with Crippen LogP contribution in [0.1, 0.15) is 13.8 Å². The second kappa shape index (κ2) is 6.97. The lowest BCUT2D eigenvalue weighted by Gasteiger charge is -2.06. The van der Waals surface area contributed by atoms with Gasteiger partial charge >= 0.3 is 5.97 Å². The standard InChI is InChI=1S/C14H16O2S/c1-4-16-14(15)10-13(11(2)3)17-12-8-6-5-7-9-12/h5-10H,2,4H2,1,3H3/b13-10-. The number of carbonyl (C=O) groups is 1. The molecule has 0 saturated carbocycles. The van der Waals surface area contributed by atoms with E-state index in [2.05, 4.69) is 6.58 Å². The summed E-state index contributed by atoms with van der Waals surface area (Å²) >= 11 is 1.51. The summed E-state index contributed by atoms with van der Waals surface area (Å²) in [5.74, 6) is -0.325. The zero-order chi connectivity index (χ0) is 12.7. The molecule has 0 saturated heterocycles. The van der Waals surface area contributed by atoms with Crippen molar-refractivity contribution in [3.8, 4) is 0 Å². The highest BCUT2D eigenvalue weighted by atomic mass is 32.2. The minimum atomic E-state index is -0.325. The van der Waals surface area contributed by atoms with Crippen molar-refractivity contribution in [1.82, 2.24) is 0 Å². The van der Waals surface area contributed by atoms with Gasteiger partial charge in [-0.15, -0.1) is 0 Å². The summed E-state index contributed by atoms with van der Waals surface area (Å²) in [6.07, 6.45) is 1.49. The Labute approximate surface area is 106 Å². The summed E-state index contributed by atoms with van der Waals surface area (Å²) in [5.41, 5.74) is 0.854. The van der Waals surface area contributed by atoms with Crippen LogP contribution in [0.25, 0.3) is 0 Å². The molecule has 0 unspecified atom stereocenters. The molecule has 0 atom stereocenters. The van der Waals surface area contributed by atoms with Crippen LogP contribution < -0.4 is 0 Å². The minimum absolute atomic E-state index is 0.325. The van der Waals surface area contributed by atoms with Crippen LogP contribution in [0.3, 0.4) is 0 Å². The van der Waals surface area contributed by atoms with Crippen LogP contribution in [-0.2, 0) is 9.53 Å². The van der Waals surface area contributed by atoms with E-state index in [4.69, 9.17) is 4.74 Å². The molecule has 0 aliphatic carbocycles. The average Bonchev–Trinajstić information content (AvgIpc) is 2.29. The van der Waals surface area contributed by atoms with Crippen LogP contribution in [0.2, 0.25) is 0 Å². The summed E-state index contributed by atoms with van der Waals surface area (Å²) in [6.45, 7) is 7.92. The number of esters is 1. The zero-order valence-corrected chi connectivity index (χ0v) is 10.9. The Bertz CT molecular complexity index is 421. The van der Waals surface area contributed by atoms with E-state index >= 15 is 0 Å². The quantitative estimate of drug-likeness (QED) is 0.343. The highest BCUT2D eigenvalue weighted by Gasteiger charge is 2.05. The molecule has 0 aromatic heterocycles. The van der Waals surface area contributed by atoms with Crippen molar-refractivity contribution < 1.29 is 9.53 Å². The Morgan fingerprint density at radius 3 is 2.59 bits per heavy atom. The maximum absolute atomic E-state index is 11.4. The summed E-state index contributed by atoms with van der Waals surface area (Å²) in [4.78, 5) is 13.3. The lowest BCUT2D eigenvalue weighted by Crippen LogP contribution is -2.00. The van der Waals surface area contributed by atoms with Crippen molar-refractivity contribution in [2.24, 2.45) is 0 Å². The van der Waals surface area contributed by atoms with Crippen LogP contribution >= 0.6 is 11.8 Å². The second-order valence-electron chi connectivity index (χ2n) is 3.46. The maximum Gasteiger partial charge on any atom is 0.331 e. The van der Waals surface area contributed by atoms with Crippen LogP contribution in [0, 0.1) is 0 Å². The number of carbonyl (C=O) groups excluding carboxylic acids is 1. The maximum atomic E-state index is 11.4. The van der Waals surface area contributed by atoms with Gasteiger partial charge in [-0.25, -0.2) is 4.79 Å². The third-order valence-electron chi connectivity index (χ3n) is 1.93. The molecule has 90 valence electrons. The molecule has 1 aromatic carbocycles. The van der Waals surface area contributed by atoms with E-state index < -0.39 is 0 Å². The first-order valence-electron chi connectivity index (χ1n) is 5.40. The van der Waals surface area contributed by atoms with E-state index in [1.54, 1.807) is 6.92 Å². The van der Waals surface area contributed by atoms with Gasteiger partial charge in [-0.1, -0.05) is 36.5 Å². The molecule has 3 heteroatoms. The van der Waals surface area contributed by atoms with Crippen LogP contribution in [0.4, 0.5) is 0 Å². The van der Waals surface area contributed by atoms with Crippen molar-refractivity contribution in [3.05, 3.63) is 53.5 Å².